The van der Waals surface area contributed by atoms with Crippen molar-refractivity contribution < 1.29 is 19.1 Å². The normalized spacial score (nSPS) is 9.83. The van der Waals surface area contributed by atoms with Crippen molar-refractivity contribution in [2.24, 2.45) is 0 Å². The van der Waals surface area contributed by atoms with Crippen LogP contribution in [0.25, 0.3) is 0 Å². The second kappa shape index (κ2) is 8.08. The van der Waals surface area contributed by atoms with E-state index in [1.807, 2.05) is 0 Å². The summed E-state index contributed by atoms with van der Waals surface area (Å²) in [6.45, 7) is 1.92. The number of carbonyl (C=O) groups excluding carboxylic acids is 2. The number of amides is 2. The molecular formula is C14H13BrN4O4. The zero-order valence-electron chi connectivity index (χ0n) is 12.1. The SMILES string of the molecule is CCOC(=O)Oc1ccc(NC(=O)Nc2ncc(Br)cn2)cc1. The summed E-state index contributed by atoms with van der Waals surface area (Å²) in [6.07, 6.45) is 2.26. The second-order valence-electron chi connectivity index (χ2n) is 4.11. The molecule has 2 amide bonds. The van der Waals surface area contributed by atoms with Crippen molar-refractivity contribution in [3.63, 3.8) is 0 Å². The molecule has 23 heavy (non-hydrogen) atoms. The number of aromatic nitrogens is 2. The summed E-state index contributed by atoms with van der Waals surface area (Å²) in [5, 5.41) is 5.08. The fraction of sp³-hybridized carbons (Fsp3) is 0.143. The number of nitrogens with zero attached hydrogens (tertiary/aromatic N) is 2. The van der Waals surface area contributed by atoms with Crippen LogP contribution >= 0.6 is 15.9 Å². The molecule has 0 fully saturated rings. The van der Waals surface area contributed by atoms with Crippen LogP contribution in [0.2, 0.25) is 0 Å². The van der Waals surface area contributed by atoms with E-state index in [4.69, 9.17) is 4.74 Å². The van der Waals surface area contributed by atoms with Gasteiger partial charge in [-0.1, -0.05) is 0 Å². The van der Waals surface area contributed by atoms with Crippen molar-refractivity contribution in [3.8, 4) is 5.75 Å². The van der Waals surface area contributed by atoms with Gasteiger partial charge in [0.1, 0.15) is 5.75 Å². The van der Waals surface area contributed by atoms with Gasteiger partial charge in [0.15, 0.2) is 0 Å². The summed E-state index contributed by atoms with van der Waals surface area (Å²) in [5.74, 6) is 0.485. The number of ether oxygens (including phenoxy) is 2. The Labute approximate surface area is 140 Å². The minimum atomic E-state index is -0.779. The fourth-order valence-electron chi connectivity index (χ4n) is 1.49. The van der Waals surface area contributed by atoms with Crippen molar-refractivity contribution in [1.82, 2.24) is 9.97 Å². The van der Waals surface area contributed by atoms with Crippen LogP contribution < -0.4 is 15.4 Å². The van der Waals surface area contributed by atoms with Crippen LogP contribution in [0.4, 0.5) is 21.2 Å². The van der Waals surface area contributed by atoms with Crippen LogP contribution in [0.5, 0.6) is 5.75 Å². The van der Waals surface area contributed by atoms with Gasteiger partial charge in [0.05, 0.1) is 11.1 Å². The molecule has 0 aliphatic carbocycles. The lowest BCUT2D eigenvalue weighted by Crippen LogP contribution is -2.20. The van der Waals surface area contributed by atoms with Crippen LogP contribution in [-0.4, -0.2) is 28.8 Å². The molecule has 0 aliphatic heterocycles. The van der Waals surface area contributed by atoms with Gasteiger partial charge in [-0.2, -0.15) is 0 Å². The Bertz CT molecular complexity index is 676. The van der Waals surface area contributed by atoms with Gasteiger partial charge in [0.25, 0.3) is 0 Å². The molecule has 9 heteroatoms. The first-order chi connectivity index (χ1) is 11.1. The molecule has 0 aliphatic rings. The number of rotatable bonds is 4. The summed E-state index contributed by atoms with van der Waals surface area (Å²) >= 11 is 3.20. The average molecular weight is 381 g/mol. The molecule has 0 saturated carbocycles. The average Bonchev–Trinajstić information content (AvgIpc) is 2.52. The quantitative estimate of drug-likeness (QED) is 0.622. The number of urea groups is 1. The first kappa shape index (κ1) is 16.7. The number of nitrogens with one attached hydrogen (secondary N) is 2. The predicted molar refractivity (Wildman–Crippen MR) is 86.5 cm³/mol. The molecule has 2 aromatic rings. The Morgan fingerprint density at radius 1 is 1.13 bits per heavy atom. The van der Waals surface area contributed by atoms with E-state index >= 15 is 0 Å². The number of halogens is 1. The van der Waals surface area contributed by atoms with Crippen LogP contribution in [0, 0.1) is 0 Å². The molecule has 1 heterocycles. The summed E-state index contributed by atoms with van der Waals surface area (Å²) in [7, 11) is 0. The summed E-state index contributed by atoms with van der Waals surface area (Å²) in [6, 6.07) is 5.73. The van der Waals surface area contributed by atoms with Gasteiger partial charge in [-0.3, -0.25) is 5.32 Å². The van der Waals surface area contributed by atoms with E-state index in [1.165, 1.54) is 24.5 Å². The lowest BCUT2D eigenvalue weighted by molar-refractivity contribution is 0.104. The molecule has 8 nitrogen and oxygen atoms in total. The van der Waals surface area contributed by atoms with Crippen LogP contribution in [0.1, 0.15) is 6.92 Å². The molecular weight excluding hydrogens is 368 g/mol. The highest BCUT2D eigenvalue weighted by Gasteiger charge is 2.07. The highest BCUT2D eigenvalue weighted by atomic mass is 79.9. The van der Waals surface area contributed by atoms with Crippen molar-refractivity contribution >= 4 is 39.8 Å². The standard InChI is InChI=1S/C14H13BrN4O4/c1-2-22-14(21)23-11-5-3-10(4-6-11)18-13(20)19-12-16-7-9(15)8-17-12/h3-8H,2H2,1H3,(H2,16,17,18,19,20). The van der Waals surface area contributed by atoms with E-state index < -0.39 is 12.2 Å². The molecule has 1 aromatic carbocycles. The molecule has 0 bridgehead atoms. The van der Waals surface area contributed by atoms with E-state index in [9.17, 15) is 9.59 Å². The minimum absolute atomic E-state index is 0.174. The maximum atomic E-state index is 11.8. The number of hydrogen-bond acceptors (Lipinski definition) is 6. The van der Waals surface area contributed by atoms with Gasteiger partial charge in [-0.15, -0.1) is 0 Å². The Kier molecular flexibility index (Phi) is 5.87. The highest BCUT2D eigenvalue weighted by molar-refractivity contribution is 9.10. The largest absolute Gasteiger partial charge is 0.513 e. The molecule has 0 atom stereocenters. The van der Waals surface area contributed by atoms with E-state index in [2.05, 4.69) is 41.3 Å². The van der Waals surface area contributed by atoms with Gasteiger partial charge < -0.3 is 14.8 Å². The molecule has 1 aromatic heterocycles. The third kappa shape index (κ3) is 5.55. The third-order valence-electron chi connectivity index (χ3n) is 2.42. The Balaban J connectivity index is 1.88. The predicted octanol–water partition coefficient (Wildman–Crippen LogP) is 3.42. The lowest BCUT2D eigenvalue weighted by atomic mass is 10.3. The van der Waals surface area contributed by atoms with Gasteiger partial charge >= 0.3 is 12.2 Å². The first-order valence-corrected chi connectivity index (χ1v) is 7.36. The zero-order valence-corrected chi connectivity index (χ0v) is 13.7. The van der Waals surface area contributed by atoms with Gasteiger partial charge in [0.2, 0.25) is 5.95 Å². The maximum absolute atomic E-state index is 11.8. The molecule has 120 valence electrons. The summed E-state index contributed by atoms with van der Waals surface area (Å²) in [4.78, 5) is 30.8. The van der Waals surface area contributed by atoms with Crippen molar-refractivity contribution in [2.45, 2.75) is 6.92 Å². The Morgan fingerprint density at radius 3 is 2.39 bits per heavy atom. The molecule has 0 radical (unpaired) electrons. The van der Waals surface area contributed by atoms with Crippen molar-refractivity contribution in [3.05, 3.63) is 41.1 Å². The minimum Gasteiger partial charge on any atom is -0.434 e. The number of anilines is 2. The van der Waals surface area contributed by atoms with Crippen molar-refractivity contribution in [1.29, 1.82) is 0 Å². The topological polar surface area (TPSA) is 102 Å². The smallest absolute Gasteiger partial charge is 0.434 e. The molecule has 2 rings (SSSR count). The number of benzene rings is 1. The highest BCUT2D eigenvalue weighted by Crippen LogP contribution is 2.16. The summed E-state index contributed by atoms with van der Waals surface area (Å²) < 4.78 is 10.3. The van der Waals surface area contributed by atoms with E-state index in [1.54, 1.807) is 19.1 Å². The van der Waals surface area contributed by atoms with Crippen molar-refractivity contribution in [2.75, 3.05) is 17.2 Å². The molecule has 0 spiro atoms. The van der Waals surface area contributed by atoms with E-state index in [-0.39, 0.29) is 12.6 Å². The van der Waals surface area contributed by atoms with Gasteiger partial charge in [0, 0.05) is 18.1 Å². The van der Waals surface area contributed by atoms with Crippen LogP contribution in [0.15, 0.2) is 41.1 Å². The number of hydrogen-bond donors (Lipinski definition) is 2. The maximum Gasteiger partial charge on any atom is 0.513 e. The zero-order chi connectivity index (χ0) is 16.7. The fourth-order valence-corrected chi connectivity index (χ4v) is 1.70. The monoisotopic (exact) mass is 380 g/mol. The third-order valence-corrected chi connectivity index (χ3v) is 2.83. The van der Waals surface area contributed by atoms with Crippen LogP contribution in [0.3, 0.4) is 0 Å². The van der Waals surface area contributed by atoms with E-state index in [0.29, 0.717) is 15.9 Å². The second-order valence-corrected chi connectivity index (χ2v) is 5.03. The first-order valence-electron chi connectivity index (χ1n) is 6.57. The Hall–Kier alpha value is -2.68. The Morgan fingerprint density at radius 2 is 1.78 bits per heavy atom. The molecule has 2 N–H and O–H groups in total. The summed E-state index contributed by atoms with van der Waals surface area (Å²) in [5.41, 5.74) is 0.510. The van der Waals surface area contributed by atoms with Gasteiger partial charge in [-0.25, -0.2) is 19.6 Å². The lowest BCUT2D eigenvalue weighted by Gasteiger charge is -2.07. The van der Waals surface area contributed by atoms with E-state index in [0.717, 1.165) is 0 Å². The molecule has 0 unspecified atom stereocenters. The number of carbonyl (C=O) groups is 2. The van der Waals surface area contributed by atoms with Crippen LogP contribution in [-0.2, 0) is 4.74 Å². The van der Waals surface area contributed by atoms with Gasteiger partial charge in [-0.05, 0) is 47.1 Å². The molecule has 0 saturated heterocycles.